The van der Waals surface area contributed by atoms with Gasteiger partial charge in [-0.1, -0.05) is 32.0 Å². The minimum atomic E-state index is -0.534. The van der Waals surface area contributed by atoms with Crippen molar-refractivity contribution in [1.82, 2.24) is 0 Å². The van der Waals surface area contributed by atoms with E-state index >= 15 is 0 Å². The van der Waals surface area contributed by atoms with Gasteiger partial charge < -0.3 is 14.8 Å². The predicted octanol–water partition coefficient (Wildman–Crippen LogP) is 4.05. The molecule has 23 heavy (non-hydrogen) atoms. The monoisotopic (exact) mass is 313 g/mol. The number of hydrogen-bond donors (Lipinski definition) is 1. The van der Waals surface area contributed by atoms with Gasteiger partial charge in [-0.3, -0.25) is 4.79 Å². The molecule has 1 amide bonds. The van der Waals surface area contributed by atoms with E-state index in [-0.39, 0.29) is 5.91 Å². The third-order valence-corrected chi connectivity index (χ3v) is 3.66. The van der Waals surface area contributed by atoms with Crippen molar-refractivity contribution in [2.24, 2.45) is 0 Å². The van der Waals surface area contributed by atoms with Crippen LogP contribution in [-0.2, 0) is 11.2 Å². The fraction of sp³-hybridized carbons (Fsp3) is 0.316. The minimum absolute atomic E-state index is 0.135. The maximum Gasteiger partial charge on any atom is 0.265 e. The van der Waals surface area contributed by atoms with E-state index in [0.717, 1.165) is 23.4 Å². The smallest absolute Gasteiger partial charge is 0.265 e. The number of rotatable bonds is 7. The maximum absolute atomic E-state index is 12.5. The molecule has 4 heteroatoms. The van der Waals surface area contributed by atoms with Gasteiger partial charge in [0.15, 0.2) is 6.10 Å². The lowest BCUT2D eigenvalue weighted by Gasteiger charge is -2.18. The standard InChI is InChI=1S/C19H23NO3/c1-4-14-8-6-7-9-17(14)20-19(21)18(5-2)23-16-12-10-15(22-3)11-13-16/h6-13,18H,4-5H2,1-3H3,(H,20,21)/t18-/m0/s1. The lowest BCUT2D eigenvalue weighted by atomic mass is 10.1. The van der Waals surface area contributed by atoms with Crippen LogP contribution in [0.2, 0.25) is 0 Å². The molecule has 2 rings (SSSR count). The van der Waals surface area contributed by atoms with Gasteiger partial charge in [0.25, 0.3) is 5.91 Å². The molecule has 0 fully saturated rings. The van der Waals surface area contributed by atoms with Crippen molar-refractivity contribution < 1.29 is 14.3 Å². The summed E-state index contributed by atoms with van der Waals surface area (Å²) in [5.41, 5.74) is 1.96. The predicted molar refractivity (Wildman–Crippen MR) is 92.2 cm³/mol. The topological polar surface area (TPSA) is 47.6 Å². The molecule has 2 aromatic carbocycles. The van der Waals surface area contributed by atoms with Gasteiger partial charge in [-0.2, -0.15) is 0 Å². The maximum atomic E-state index is 12.5. The molecule has 0 aliphatic rings. The number of amides is 1. The Labute approximate surface area is 137 Å². The number of anilines is 1. The van der Waals surface area contributed by atoms with Crippen LogP contribution in [0.5, 0.6) is 11.5 Å². The number of ether oxygens (including phenoxy) is 2. The molecule has 0 radical (unpaired) electrons. The molecule has 0 saturated carbocycles. The highest BCUT2D eigenvalue weighted by molar-refractivity contribution is 5.95. The molecule has 4 nitrogen and oxygen atoms in total. The van der Waals surface area contributed by atoms with Gasteiger partial charge in [0, 0.05) is 5.69 Å². The van der Waals surface area contributed by atoms with Gasteiger partial charge in [0.05, 0.1) is 7.11 Å². The van der Waals surface area contributed by atoms with E-state index in [4.69, 9.17) is 9.47 Å². The van der Waals surface area contributed by atoms with Crippen molar-refractivity contribution in [3.63, 3.8) is 0 Å². The second-order valence-corrected chi connectivity index (χ2v) is 5.19. The number of hydrogen-bond acceptors (Lipinski definition) is 3. The summed E-state index contributed by atoms with van der Waals surface area (Å²) in [4.78, 5) is 12.5. The van der Waals surface area contributed by atoms with Crippen LogP contribution >= 0.6 is 0 Å². The van der Waals surface area contributed by atoms with E-state index in [1.54, 1.807) is 19.2 Å². The summed E-state index contributed by atoms with van der Waals surface area (Å²) in [7, 11) is 1.61. The van der Waals surface area contributed by atoms with E-state index in [1.807, 2.05) is 43.3 Å². The van der Waals surface area contributed by atoms with Crippen LogP contribution in [0.4, 0.5) is 5.69 Å². The first-order valence-electron chi connectivity index (χ1n) is 7.87. The Kier molecular flexibility index (Phi) is 6.03. The van der Waals surface area contributed by atoms with E-state index < -0.39 is 6.10 Å². The molecular formula is C19H23NO3. The van der Waals surface area contributed by atoms with Crippen molar-refractivity contribution in [2.45, 2.75) is 32.8 Å². The Morgan fingerprint density at radius 1 is 1.04 bits per heavy atom. The van der Waals surface area contributed by atoms with Crippen LogP contribution < -0.4 is 14.8 Å². The van der Waals surface area contributed by atoms with Crippen molar-refractivity contribution in [2.75, 3.05) is 12.4 Å². The van der Waals surface area contributed by atoms with E-state index in [9.17, 15) is 4.79 Å². The van der Waals surface area contributed by atoms with Gasteiger partial charge in [-0.15, -0.1) is 0 Å². The zero-order chi connectivity index (χ0) is 16.7. The van der Waals surface area contributed by atoms with Gasteiger partial charge in [0.2, 0.25) is 0 Å². The molecule has 2 aromatic rings. The summed E-state index contributed by atoms with van der Waals surface area (Å²) in [5, 5.41) is 2.97. The number of para-hydroxylation sites is 1. The highest BCUT2D eigenvalue weighted by Gasteiger charge is 2.19. The van der Waals surface area contributed by atoms with Gasteiger partial charge in [-0.05, 0) is 48.7 Å². The molecule has 0 aliphatic heterocycles. The largest absolute Gasteiger partial charge is 0.497 e. The molecule has 1 atom stereocenters. The fourth-order valence-corrected chi connectivity index (χ4v) is 2.30. The number of nitrogens with one attached hydrogen (secondary N) is 1. The molecule has 0 spiro atoms. The van der Waals surface area contributed by atoms with Gasteiger partial charge in [-0.25, -0.2) is 0 Å². The summed E-state index contributed by atoms with van der Waals surface area (Å²) < 4.78 is 10.9. The second-order valence-electron chi connectivity index (χ2n) is 5.19. The van der Waals surface area contributed by atoms with Crippen LogP contribution in [0.3, 0.4) is 0 Å². The number of aryl methyl sites for hydroxylation is 1. The number of methoxy groups -OCH3 is 1. The van der Waals surface area contributed by atoms with Crippen molar-refractivity contribution >= 4 is 11.6 Å². The Balaban J connectivity index is 2.05. The molecule has 0 aromatic heterocycles. The third kappa shape index (κ3) is 4.49. The average molecular weight is 313 g/mol. The van der Waals surface area contributed by atoms with Crippen LogP contribution in [-0.4, -0.2) is 19.1 Å². The Morgan fingerprint density at radius 3 is 2.30 bits per heavy atom. The molecule has 122 valence electrons. The average Bonchev–Trinajstić information content (AvgIpc) is 2.60. The number of benzene rings is 2. The van der Waals surface area contributed by atoms with E-state index in [0.29, 0.717) is 12.2 Å². The minimum Gasteiger partial charge on any atom is -0.497 e. The van der Waals surface area contributed by atoms with Crippen LogP contribution in [0.25, 0.3) is 0 Å². The van der Waals surface area contributed by atoms with Gasteiger partial charge in [0.1, 0.15) is 11.5 Å². The van der Waals surface area contributed by atoms with Gasteiger partial charge >= 0.3 is 0 Å². The summed E-state index contributed by atoms with van der Waals surface area (Å²) >= 11 is 0. The number of carbonyl (C=O) groups excluding carboxylic acids is 1. The molecule has 0 unspecified atom stereocenters. The molecule has 0 saturated heterocycles. The first kappa shape index (κ1) is 16.9. The third-order valence-electron chi connectivity index (χ3n) is 3.66. The highest BCUT2D eigenvalue weighted by atomic mass is 16.5. The number of carbonyl (C=O) groups is 1. The molecule has 1 N–H and O–H groups in total. The Morgan fingerprint density at radius 2 is 1.70 bits per heavy atom. The Hall–Kier alpha value is -2.49. The van der Waals surface area contributed by atoms with Crippen molar-refractivity contribution in [3.05, 3.63) is 54.1 Å². The second kappa shape index (κ2) is 8.22. The summed E-state index contributed by atoms with van der Waals surface area (Å²) in [6.45, 7) is 4.00. The lowest BCUT2D eigenvalue weighted by Crippen LogP contribution is -2.32. The van der Waals surface area contributed by atoms with Crippen LogP contribution in [0.15, 0.2) is 48.5 Å². The van der Waals surface area contributed by atoms with Crippen LogP contribution in [0, 0.1) is 0 Å². The zero-order valence-electron chi connectivity index (χ0n) is 13.8. The first-order valence-corrected chi connectivity index (χ1v) is 7.87. The fourth-order valence-electron chi connectivity index (χ4n) is 2.30. The SMILES string of the molecule is CCc1ccccc1NC(=O)[C@H](CC)Oc1ccc(OC)cc1. The van der Waals surface area contributed by atoms with Crippen LogP contribution in [0.1, 0.15) is 25.8 Å². The zero-order valence-corrected chi connectivity index (χ0v) is 13.8. The summed E-state index contributed by atoms with van der Waals surface area (Å²) in [5.74, 6) is 1.27. The quantitative estimate of drug-likeness (QED) is 0.838. The van der Waals surface area contributed by atoms with Crippen molar-refractivity contribution in [3.8, 4) is 11.5 Å². The highest BCUT2D eigenvalue weighted by Crippen LogP contribution is 2.20. The molecule has 0 aliphatic carbocycles. The summed E-state index contributed by atoms with van der Waals surface area (Å²) in [6.07, 6.45) is 0.923. The lowest BCUT2D eigenvalue weighted by molar-refractivity contribution is -0.122. The first-order chi connectivity index (χ1) is 11.2. The Bertz CT molecular complexity index is 637. The summed E-state index contributed by atoms with van der Waals surface area (Å²) in [6, 6.07) is 15.0. The molecule has 0 bridgehead atoms. The normalized spacial score (nSPS) is 11.6. The van der Waals surface area contributed by atoms with Crippen molar-refractivity contribution in [1.29, 1.82) is 0 Å². The molecule has 0 heterocycles. The molecular weight excluding hydrogens is 290 g/mol. The van der Waals surface area contributed by atoms with E-state index in [1.165, 1.54) is 0 Å². The van der Waals surface area contributed by atoms with E-state index in [2.05, 4.69) is 12.2 Å².